The number of hydrogen-bond donors (Lipinski definition) is 1. The minimum absolute atomic E-state index is 0.0585. The number of benzene rings is 3. The van der Waals surface area contributed by atoms with Crippen LogP contribution >= 0.6 is 11.6 Å². The fourth-order valence-electron chi connectivity index (χ4n) is 3.63. The van der Waals surface area contributed by atoms with E-state index in [2.05, 4.69) is 5.10 Å². The van der Waals surface area contributed by atoms with Gasteiger partial charge in [-0.2, -0.15) is 5.10 Å². The number of methoxy groups -OCH3 is 2. The number of halogens is 1. The van der Waals surface area contributed by atoms with Gasteiger partial charge in [0.25, 0.3) is 5.91 Å². The lowest BCUT2D eigenvalue weighted by Gasteiger charge is -2.23. The summed E-state index contributed by atoms with van der Waals surface area (Å²) in [6, 6.07) is 18.9. The molecule has 0 radical (unpaired) electrons. The van der Waals surface area contributed by atoms with Crippen LogP contribution in [0.1, 0.15) is 33.9 Å². The van der Waals surface area contributed by atoms with Crippen molar-refractivity contribution in [3.05, 3.63) is 88.4 Å². The van der Waals surface area contributed by atoms with Crippen LogP contribution in [-0.4, -0.2) is 36.0 Å². The molecule has 1 heterocycles. The van der Waals surface area contributed by atoms with Crippen molar-refractivity contribution in [1.82, 2.24) is 5.01 Å². The number of hydrogen-bond acceptors (Lipinski definition) is 5. The van der Waals surface area contributed by atoms with Crippen molar-refractivity contribution in [1.29, 1.82) is 0 Å². The van der Waals surface area contributed by atoms with Crippen LogP contribution < -0.4 is 9.47 Å². The van der Waals surface area contributed by atoms with Gasteiger partial charge in [0, 0.05) is 22.6 Å². The zero-order valence-electron chi connectivity index (χ0n) is 17.1. The number of carbonyl (C=O) groups is 1. The largest absolute Gasteiger partial charge is 0.507 e. The van der Waals surface area contributed by atoms with Crippen LogP contribution in [-0.2, 0) is 0 Å². The zero-order valence-corrected chi connectivity index (χ0v) is 17.8. The van der Waals surface area contributed by atoms with Crippen molar-refractivity contribution in [3.63, 3.8) is 0 Å². The molecule has 6 nitrogen and oxygen atoms in total. The Labute approximate surface area is 185 Å². The minimum Gasteiger partial charge on any atom is -0.507 e. The Bertz CT molecular complexity index is 1150. The predicted octanol–water partition coefficient (Wildman–Crippen LogP) is 5.05. The maximum Gasteiger partial charge on any atom is 0.274 e. The van der Waals surface area contributed by atoms with Gasteiger partial charge >= 0.3 is 0 Å². The average molecular weight is 437 g/mol. The van der Waals surface area contributed by atoms with E-state index in [1.807, 2.05) is 30.3 Å². The number of hydrazone groups is 1. The normalized spacial score (nSPS) is 15.5. The number of phenolic OH excluding ortho intramolecular Hbond substituents is 1. The molecule has 1 atom stereocenters. The van der Waals surface area contributed by atoms with Gasteiger partial charge < -0.3 is 14.6 Å². The van der Waals surface area contributed by atoms with Crippen molar-refractivity contribution < 1.29 is 19.4 Å². The molecule has 0 fully saturated rings. The molecule has 31 heavy (non-hydrogen) atoms. The van der Waals surface area contributed by atoms with Gasteiger partial charge in [-0.25, -0.2) is 5.01 Å². The second kappa shape index (κ2) is 8.70. The second-order valence-corrected chi connectivity index (χ2v) is 7.49. The lowest BCUT2D eigenvalue weighted by atomic mass is 9.97. The van der Waals surface area contributed by atoms with Crippen LogP contribution in [0.25, 0.3) is 0 Å². The molecule has 0 spiro atoms. The van der Waals surface area contributed by atoms with Gasteiger partial charge in [-0.15, -0.1) is 0 Å². The minimum atomic E-state index is -0.388. The van der Waals surface area contributed by atoms with Crippen LogP contribution in [0.5, 0.6) is 17.2 Å². The predicted molar refractivity (Wildman–Crippen MR) is 119 cm³/mol. The third kappa shape index (κ3) is 4.07. The Hall–Kier alpha value is -3.51. The number of carbonyl (C=O) groups excluding carboxylic acids is 1. The van der Waals surface area contributed by atoms with Crippen molar-refractivity contribution in [2.45, 2.75) is 12.5 Å². The molecule has 1 amide bonds. The van der Waals surface area contributed by atoms with E-state index in [1.54, 1.807) is 44.6 Å². The molecule has 0 saturated heterocycles. The van der Waals surface area contributed by atoms with Gasteiger partial charge in [-0.05, 0) is 48.0 Å². The van der Waals surface area contributed by atoms with Crippen molar-refractivity contribution in [2.75, 3.05) is 14.2 Å². The summed E-state index contributed by atoms with van der Waals surface area (Å²) in [7, 11) is 3.14. The molecule has 158 valence electrons. The number of phenols is 1. The molecule has 3 aromatic carbocycles. The summed E-state index contributed by atoms with van der Waals surface area (Å²) in [6.07, 6.45) is 0.405. The number of ether oxygens (including phenoxy) is 2. The van der Waals surface area contributed by atoms with Crippen LogP contribution in [0, 0.1) is 0 Å². The highest BCUT2D eigenvalue weighted by atomic mass is 35.5. The molecule has 0 saturated carbocycles. The summed E-state index contributed by atoms with van der Waals surface area (Å²) in [5.41, 5.74) is 2.43. The van der Waals surface area contributed by atoms with E-state index in [4.69, 9.17) is 21.1 Å². The number of aromatic hydroxyl groups is 1. The van der Waals surface area contributed by atoms with Gasteiger partial charge in [-0.1, -0.05) is 35.9 Å². The van der Waals surface area contributed by atoms with Crippen molar-refractivity contribution in [3.8, 4) is 17.2 Å². The summed E-state index contributed by atoms with van der Waals surface area (Å²) in [4.78, 5) is 13.3. The van der Waals surface area contributed by atoms with E-state index < -0.39 is 0 Å². The summed E-state index contributed by atoms with van der Waals surface area (Å²) < 4.78 is 10.8. The summed E-state index contributed by atoms with van der Waals surface area (Å²) >= 11 is 6.14. The highest BCUT2D eigenvalue weighted by Crippen LogP contribution is 2.39. The van der Waals surface area contributed by atoms with E-state index in [-0.39, 0.29) is 17.7 Å². The van der Waals surface area contributed by atoms with Crippen LogP contribution in [0.4, 0.5) is 0 Å². The lowest BCUT2D eigenvalue weighted by Crippen LogP contribution is -2.27. The van der Waals surface area contributed by atoms with Crippen LogP contribution in [0.3, 0.4) is 0 Å². The molecule has 0 bridgehead atoms. The van der Waals surface area contributed by atoms with Gasteiger partial charge in [0.2, 0.25) is 0 Å². The summed E-state index contributed by atoms with van der Waals surface area (Å²) in [6.45, 7) is 0. The third-order valence-corrected chi connectivity index (χ3v) is 5.44. The van der Waals surface area contributed by atoms with E-state index in [9.17, 15) is 9.90 Å². The second-order valence-electron chi connectivity index (χ2n) is 7.06. The molecule has 1 N–H and O–H groups in total. The Kier molecular flexibility index (Phi) is 5.82. The molecule has 1 unspecified atom stereocenters. The molecule has 1 aliphatic heterocycles. The van der Waals surface area contributed by atoms with Crippen LogP contribution in [0.15, 0.2) is 71.8 Å². The first kappa shape index (κ1) is 20.8. The highest BCUT2D eigenvalue weighted by Gasteiger charge is 2.35. The molecular formula is C24H21ClN2O4. The smallest absolute Gasteiger partial charge is 0.274 e. The molecule has 4 rings (SSSR count). The van der Waals surface area contributed by atoms with Crippen molar-refractivity contribution in [2.24, 2.45) is 5.10 Å². The SMILES string of the molecule is COc1ccc(C2CC(c3cc(Cl)ccc3O)=NN2C(=O)c2ccccc2)cc1OC. The Morgan fingerprint density at radius 3 is 2.48 bits per heavy atom. The van der Waals surface area contributed by atoms with Crippen molar-refractivity contribution >= 4 is 23.2 Å². The van der Waals surface area contributed by atoms with Gasteiger partial charge in [0.05, 0.1) is 26.0 Å². The van der Waals surface area contributed by atoms with E-state index in [0.717, 1.165) is 5.56 Å². The molecule has 3 aromatic rings. The highest BCUT2D eigenvalue weighted by molar-refractivity contribution is 6.31. The number of nitrogens with zero attached hydrogens (tertiary/aromatic N) is 2. The van der Waals surface area contributed by atoms with Crippen LogP contribution in [0.2, 0.25) is 5.02 Å². The van der Waals surface area contributed by atoms with E-state index in [1.165, 1.54) is 11.1 Å². The quantitative estimate of drug-likeness (QED) is 0.607. The topological polar surface area (TPSA) is 71.4 Å². The Morgan fingerprint density at radius 2 is 1.77 bits per heavy atom. The standard InChI is InChI=1S/C24H21ClN2O4/c1-30-22-11-8-16(12-23(22)31-2)20-14-19(18-13-17(25)9-10-21(18)28)26-27(20)24(29)15-6-4-3-5-7-15/h3-13,20,28H,14H2,1-2H3. The van der Waals surface area contributed by atoms with Gasteiger partial charge in [-0.3, -0.25) is 4.79 Å². The monoisotopic (exact) mass is 436 g/mol. The van der Waals surface area contributed by atoms with Gasteiger partial charge in [0.1, 0.15) is 5.75 Å². The summed E-state index contributed by atoms with van der Waals surface area (Å²) in [5, 5.41) is 16.9. The van der Waals surface area contributed by atoms with E-state index >= 15 is 0 Å². The zero-order chi connectivity index (χ0) is 22.0. The molecule has 0 aromatic heterocycles. The maximum absolute atomic E-state index is 13.3. The van der Waals surface area contributed by atoms with Gasteiger partial charge in [0.15, 0.2) is 11.5 Å². The molecular weight excluding hydrogens is 416 g/mol. The lowest BCUT2D eigenvalue weighted by molar-refractivity contribution is 0.0711. The van der Waals surface area contributed by atoms with E-state index in [0.29, 0.717) is 39.8 Å². The first-order chi connectivity index (χ1) is 15.0. The first-order valence-corrected chi connectivity index (χ1v) is 10.1. The fraction of sp³-hybridized carbons (Fsp3) is 0.167. The molecule has 7 heteroatoms. The number of rotatable bonds is 5. The molecule has 1 aliphatic rings. The maximum atomic E-state index is 13.3. The Balaban J connectivity index is 1.78. The average Bonchev–Trinajstić information content (AvgIpc) is 3.25. The fourth-order valence-corrected chi connectivity index (χ4v) is 3.80. The Morgan fingerprint density at radius 1 is 1.03 bits per heavy atom. The number of amides is 1. The summed E-state index contributed by atoms with van der Waals surface area (Å²) in [5.74, 6) is 0.977. The first-order valence-electron chi connectivity index (χ1n) is 9.68. The third-order valence-electron chi connectivity index (χ3n) is 5.20. The molecule has 0 aliphatic carbocycles.